The summed E-state index contributed by atoms with van der Waals surface area (Å²) >= 11 is 0. The fraction of sp³-hybridized carbons (Fsp3) is 0.250. The van der Waals surface area contributed by atoms with Crippen molar-refractivity contribution in [3.8, 4) is 5.69 Å². The predicted octanol–water partition coefficient (Wildman–Crippen LogP) is 2.46. The molecule has 0 fully saturated rings. The van der Waals surface area contributed by atoms with Crippen LogP contribution in [0.2, 0.25) is 0 Å². The van der Waals surface area contributed by atoms with Gasteiger partial charge in [0, 0.05) is 26.4 Å². The highest BCUT2D eigenvalue weighted by Gasteiger charge is 2.11. The molecule has 2 N–H and O–H groups in total. The van der Waals surface area contributed by atoms with E-state index in [2.05, 4.69) is 25.7 Å². The summed E-state index contributed by atoms with van der Waals surface area (Å²) in [6.45, 7) is 2.95. The van der Waals surface area contributed by atoms with E-state index >= 15 is 0 Å². The summed E-state index contributed by atoms with van der Waals surface area (Å²) in [6, 6.07) is 13.3. The first kappa shape index (κ1) is 23.8. The molecule has 0 aliphatic carbocycles. The van der Waals surface area contributed by atoms with E-state index in [1.54, 1.807) is 31.0 Å². The molecule has 0 saturated carbocycles. The molecule has 30 heavy (non-hydrogen) atoms. The molecular formula is C20H25IN6O2S. The van der Waals surface area contributed by atoms with Gasteiger partial charge in [0.1, 0.15) is 12.7 Å². The number of halogens is 1. The van der Waals surface area contributed by atoms with Crippen LogP contribution in [0, 0.1) is 6.92 Å². The van der Waals surface area contributed by atoms with Crippen molar-refractivity contribution in [2.45, 2.75) is 24.9 Å². The molecule has 0 atom stereocenters. The lowest BCUT2D eigenvalue weighted by Gasteiger charge is -2.13. The smallest absolute Gasteiger partial charge is 0.191 e. The Balaban J connectivity index is 0.00000320. The van der Waals surface area contributed by atoms with Crippen molar-refractivity contribution in [2.24, 2.45) is 4.99 Å². The second kappa shape index (κ2) is 10.5. The lowest BCUT2D eigenvalue weighted by Crippen LogP contribution is -2.36. The maximum atomic E-state index is 11.7. The molecule has 160 valence electrons. The monoisotopic (exact) mass is 540 g/mol. The highest BCUT2D eigenvalue weighted by atomic mass is 127. The number of nitrogens with one attached hydrogen (secondary N) is 2. The number of hydrogen-bond donors (Lipinski definition) is 2. The molecular weight excluding hydrogens is 515 g/mol. The summed E-state index contributed by atoms with van der Waals surface area (Å²) in [5.41, 5.74) is 3.77. The highest BCUT2D eigenvalue weighted by molar-refractivity contribution is 14.0. The van der Waals surface area contributed by atoms with Gasteiger partial charge in [-0.25, -0.2) is 18.1 Å². The summed E-state index contributed by atoms with van der Waals surface area (Å²) in [5, 5.41) is 10.6. The molecule has 10 heteroatoms. The molecule has 2 aromatic carbocycles. The van der Waals surface area contributed by atoms with Crippen LogP contribution in [-0.4, -0.2) is 42.4 Å². The minimum atomic E-state index is -3.21. The molecule has 0 bridgehead atoms. The normalized spacial score (nSPS) is 11.6. The third kappa shape index (κ3) is 6.26. The Kier molecular flexibility index (Phi) is 8.35. The molecule has 0 unspecified atom stereocenters. The van der Waals surface area contributed by atoms with Crippen LogP contribution in [-0.2, 0) is 22.9 Å². The fourth-order valence-corrected chi connectivity index (χ4v) is 3.90. The number of benzene rings is 2. The Morgan fingerprint density at radius 1 is 1.07 bits per heavy atom. The molecule has 0 amide bonds. The number of nitrogens with zero attached hydrogens (tertiary/aromatic N) is 4. The van der Waals surface area contributed by atoms with E-state index in [4.69, 9.17) is 0 Å². The van der Waals surface area contributed by atoms with Crippen LogP contribution in [0.3, 0.4) is 0 Å². The van der Waals surface area contributed by atoms with Crippen LogP contribution in [0.15, 0.2) is 65.0 Å². The van der Waals surface area contributed by atoms with E-state index in [1.165, 1.54) is 12.6 Å². The van der Waals surface area contributed by atoms with Crippen molar-refractivity contribution in [2.75, 3.05) is 13.3 Å². The van der Waals surface area contributed by atoms with Crippen LogP contribution in [0.25, 0.3) is 5.69 Å². The van der Waals surface area contributed by atoms with Crippen LogP contribution in [0.4, 0.5) is 0 Å². The highest BCUT2D eigenvalue weighted by Crippen LogP contribution is 2.16. The van der Waals surface area contributed by atoms with E-state index in [9.17, 15) is 8.42 Å². The largest absolute Gasteiger partial charge is 0.352 e. The number of sulfone groups is 1. The van der Waals surface area contributed by atoms with Crippen molar-refractivity contribution in [1.29, 1.82) is 0 Å². The molecule has 3 aromatic rings. The number of guanidine groups is 1. The minimum Gasteiger partial charge on any atom is -0.352 e. The number of hydrogen-bond acceptors (Lipinski definition) is 5. The Labute approximate surface area is 193 Å². The van der Waals surface area contributed by atoms with Crippen molar-refractivity contribution >= 4 is 39.8 Å². The lowest BCUT2D eigenvalue weighted by atomic mass is 10.1. The molecule has 0 aliphatic rings. The van der Waals surface area contributed by atoms with E-state index in [0.717, 1.165) is 22.4 Å². The zero-order valence-corrected chi connectivity index (χ0v) is 20.2. The van der Waals surface area contributed by atoms with E-state index in [1.807, 2.05) is 36.4 Å². The van der Waals surface area contributed by atoms with Gasteiger partial charge in [-0.2, -0.15) is 5.10 Å². The number of aliphatic imine (C=N–C) groups is 1. The van der Waals surface area contributed by atoms with E-state index in [-0.39, 0.29) is 24.0 Å². The van der Waals surface area contributed by atoms with E-state index in [0.29, 0.717) is 23.9 Å². The van der Waals surface area contributed by atoms with Gasteiger partial charge in [0.2, 0.25) is 0 Å². The van der Waals surface area contributed by atoms with E-state index < -0.39 is 9.84 Å². The Morgan fingerprint density at radius 3 is 2.23 bits per heavy atom. The fourth-order valence-electron chi connectivity index (χ4n) is 2.94. The zero-order chi connectivity index (χ0) is 20.9. The topological polar surface area (TPSA) is 101 Å². The van der Waals surface area contributed by atoms with Crippen LogP contribution >= 0.6 is 24.0 Å². The van der Waals surface area contributed by atoms with Gasteiger partial charge in [0.05, 0.1) is 10.6 Å². The quantitative estimate of drug-likeness (QED) is 0.283. The molecule has 0 radical (unpaired) electrons. The molecule has 8 nitrogen and oxygen atoms in total. The predicted molar refractivity (Wildman–Crippen MR) is 128 cm³/mol. The molecule has 1 aromatic heterocycles. The standard InChI is InChI=1S/C20H24N6O2S.HI/c1-15-10-17(6-9-19(15)29(3,27)28)12-24-20(21-2)23-11-16-4-7-18(8-5-16)26-14-22-13-25-26;/h4-10,13-14H,11-12H2,1-3H3,(H2,21,23,24);1H. The first-order valence-electron chi connectivity index (χ1n) is 9.05. The second-order valence-corrected chi connectivity index (χ2v) is 8.64. The van der Waals surface area contributed by atoms with Crippen LogP contribution in [0.5, 0.6) is 0 Å². The Bertz CT molecular complexity index is 1100. The lowest BCUT2D eigenvalue weighted by molar-refractivity contribution is 0.601. The maximum Gasteiger partial charge on any atom is 0.191 e. The van der Waals surface area contributed by atoms with Gasteiger partial charge < -0.3 is 10.6 Å². The summed E-state index contributed by atoms with van der Waals surface area (Å²) < 4.78 is 25.2. The van der Waals surface area contributed by atoms with Crippen molar-refractivity contribution < 1.29 is 8.42 Å². The van der Waals surface area contributed by atoms with Crippen molar-refractivity contribution in [3.05, 3.63) is 71.8 Å². The third-order valence-electron chi connectivity index (χ3n) is 4.40. The molecule has 3 rings (SSSR count). The molecule has 1 heterocycles. The Hall–Kier alpha value is -2.47. The minimum absolute atomic E-state index is 0. The van der Waals surface area contributed by atoms with Crippen LogP contribution in [0.1, 0.15) is 16.7 Å². The first-order valence-corrected chi connectivity index (χ1v) is 10.9. The molecule has 0 spiro atoms. The van der Waals surface area contributed by atoms with Gasteiger partial charge in [-0.3, -0.25) is 4.99 Å². The summed E-state index contributed by atoms with van der Waals surface area (Å²) in [4.78, 5) is 8.54. The summed E-state index contributed by atoms with van der Waals surface area (Å²) in [5.74, 6) is 0.662. The zero-order valence-electron chi connectivity index (χ0n) is 17.0. The average Bonchev–Trinajstić information content (AvgIpc) is 3.22. The van der Waals surface area contributed by atoms with Gasteiger partial charge in [-0.05, 0) is 41.8 Å². The van der Waals surface area contributed by atoms with Gasteiger partial charge in [0.15, 0.2) is 15.8 Å². The van der Waals surface area contributed by atoms with Gasteiger partial charge >= 0.3 is 0 Å². The van der Waals surface area contributed by atoms with Gasteiger partial charge in [-0.1, -0.05) is 24.3 Å². The summed E-state index contributed by atoms with van der Waals surface area (Å²) in [6.07, 6.45) is 4.38. The number of rotatable bonds is 6. The second-order valence-electron chi connectivity index (χ2n) is 6.66. The SMILES string of the molecule is CN=C(NCc1ccc(-n2cncn2)cc1)NCc1ccc(S(C)(=O)=O)c(C)c1.I. The third-order valence-corrected chi connectivity index (χ3v) is 5.66. The maximum absolute atomic E-state index is 11.7. The average molecular weight is 540 g/mol. The number of aryl methyl sites for hydroxylation is 1. The number of aromatic nitrogens is 3. The Morgan fingerprint density at radius 2 is 1.70 bits per heavy atom. The summed E-state index contributed by atoms with van der Waals surface area (Å²) in [7, 11) is -1.50. The van der Waals surface area contributed by atoms with Gasteiger partial charge in [0.25, 0.3) is 0 Å². The van der Waals surface area contributed by atoms with Crippen molar-refractivity contribution in [1.82, 2.24) is 25.4 Å². The van der Waals surface area contributed by atoms with Crippen molar-refractivity contribution in [3.63, 3.8) is 0 Å². The van der Waals surface area contributed by atoms with Crippen LogP contribution < -0.4 is 10.6 Å². The molecule has 0 aliphatic heterocycles. The molecule has 0 saturated heterocycles. The van der Waals surface area contributed by atoms with Gasteiger partial charge in [-0.15, -0.1) is 24.0 Å². The first-order chi connectivity index (χ1) is 13.9.